The van der Waals surface area contributed by atoms with E-state index in [2.05, 4.69) is 20.9 Å². The number of benzene rings is 1. The van der Waals surface area contributed by atoms with Crippen molar-refractivity contribution in [1.29, 1.82) is 0 Å². The van der Waals surface area contributed by atoms with E-state index < -0.39 is 0 Å². The zero-order valence-corrected chi connectivity index (χ0v) is 15.6. The number of nitrogens with zero attached hydrogens (tertiary/aromatic N) is 1. The molecule has 2 fully saturated rings. The van der Waals surface area contributed by atoms with Crippen LogP contribution in [0.25, 0.3) is 0 Å². The van der Waals surface area contributed by atoms with Crippen molar-refractivity contribution >= 4 is 11.9 Å². The van der Waals surface area contributed by atoms with Crippen molar-refractivity contribution in [1.82, 2.24) is 16.0 Å². The number of rotatable bonds is 6. The van der Waals surface area contributed by atoms with E-state index in [1.165, 1.54) is 25.7 Å². The number of carbonyl (C=O) groups excluding carboxylic acids is 1. The van der Waals surface area contributed by atoms with Gasteiger partial charge in [0.05, 0.1) is 6.10 Å². The molecule has 6 nitrogen and oxygen atoms in total. The average molecular weight is 358 g/mol. The van der Waals surface area contributed by atoms with Gasteiger partial charge in [-0.25, -0.2) is 0 Å². The first-order chi connectivity index (χ1) is 12.7. The normalized spacial score (nSPS) is 21.0. The van der Waals surface area contributed by atoms with Crippen molar-refractivity contribution in [2.24, 2.45) is 4.99 Å². The highest BCUT2D eigenvalue weighted by Gasteiger charge is 2.17. The van der Waals surface area contributed by atoms with Gasteiger partial charge in [-0.1, -0.05) is 25.0 Å². The zero-order valence-electron chi connectivity index (χ0n) is 15.6. The van der Waals surface area contributed by atoms with Gasteiger partial charge in [0, 0.05) is 38.3 Å². The molecule has 6 heteroatoms. The predicted molar refractivity (Wildman–Crippen MR) is 103 cm³/mol. The van der Waals surface area contributed by atoms with Crippen LogP contribution in [-0.2, 0) is 11.3 Å². The molecule has 1 aliphatic heterocycles. The smallest absolute Gasteiger partial charge is 0.251 e. The average Bonchev–Trinajstić information content (AvgIpc) is 3.37. The number of hydrogen-bond acceptors (Lipinski definition) is 3. The summed E-state index contributed by atoms with van der Waals surface area (Å²) in [6, 6.07) is 8.24. The molecule has 2 aliphatic rings. The molecule has 1 amide bonds. The Morgan fingerprint density at radius 2 is 2.04 bits per heavy atom. The summed E-state index contributed by atoms with van der Waals surface area (Å²) in [6.07, 6.45) is 7.26. The van der Waals surface area contributed by atoms with Crippen LogP contribution in [-0.4, -0.2) is 44.2 Å². The fraction of sp³-hybridized carbons (Fsp3) is 0.600. The number of ether oxygens (including phenoxy) is 1. The third kappa shape index (κ3) is 5.46. The standard InChI is InChI=1S/C20H30N4O2/c1-21-20(24-17-8-2-3-9-17)23-13-15-6-4-7-16(12-15)19(25)22-14-18-10-5-11-26-18/h4,6-7,12,17-18H,2-3,5,8-11,13-14H2,1H3,(H,22,25)(H2,21,23,24). The van der Waals surface area contributed by atoms with Crippen LogP contribution in [0.1, 0.15) is 54.4 Å². The lowest BCUT2D eigenvalue weighted by Crippen LogP contribution is -2.41. The van der Waals surface area contributed by atoms with Crippen LogP contribution in [0.4, 0.5) is 0 Å². The largest absolute Gasteiger partial charge is 0.376 e. The fourth-order valence-corrected chi connectivity index (χ4v) is 3.58. The topological polar surface area (TPSA) is 74.8 Å². The Morgan fingerprint density at radius 3 is 2.77 bits per heavy atom. The Kier molecular flexibility index (Phi) is 6.89. The van der Waals surface area contributed by atoms with Crippen molar-refractivity contribution < 1.29 is 9.53 Å². The predicted octanol–water partition coefficient (Wildman–Crippen LogP) is 2.20. The van der Waals surface area contributed by atoms with Gasteiger partial charge < -0.3 is 20.7 Å². The van der Waals surface area contributed by atoms with Crippen LogP contribution in [0.2, 0.25) is 0 Å². The van der Waals surface area contributed by atoms with Gasteiger partial charge in [0.2, 0.25) is 0 Å². The van der Waals surface area contributed by atoms with Crippen LogP contribution in [0.5, 0.6) is 0 Å². The first kappa shape index (κ1) is 18.7. The lowest BCUT2D eigenvalue weighted by molar-refractivity contribution is 0.0857. The second kappa shape index (κ2) is 9.57. The van der Waals surface area contributed by atoms with Gasteiger partial charge in [0.25, 0.3) is 5.91 Å². The van der Waals surface area contributed by atoms with E-state index in [9.17, 15) is 4.79 Å². The first-order valence-corrected chi connectivity index (χ1v) is 9.70. The minimum Gasteiger partial charge on any atom is -0.376 e. The lowest BCUT2D eigenvalue weighted by atomic mass is 10.1. The minimum atomic E-state index is -0.0455. The highest BCUT2D eigenvalue weighted by molar-refractivity contribution is 5.94. The SMILES string of the molecule is CN=C(NCc1cccc(C(=O)NCC2CCCO2)c1)NC1CCCC1. The molecule has 1 saturated carbocycles. The van der Waals surface area contributed by atoms with Crippen molar-refractivity contribution in [3.05, 3.63) is 35.4 Å². The molecule has 26 heavy (non-hydrogen) atoms. The Bertz CT molecular complexity index is 620. The Labute approximate surface area is 155 Å². The minimum absolute atomic E-state index is 0.0455. The molecule has 0 spiro atoms. The summed E-state index contributed by atoms with van der Waals surface area (Å²) in [4.78, 5) is 16.7. The molecule has 3 N–H and O–H groups in total. The molecule has 1 atom stereocenters. The highest BCUT2D eigenvalue weighted by atomic mass is 16.5. The lowest BCUT2D eigenvalue weighted by Gasteiger charge is -2.17. The summed E-state index contributed by atoms with van der Waals surface area (Å²) in [5.41, 5.74) is 1.74. The van der Waals surface area contributed by atoms with Gasteiger partial charge in [-0.2, -0.15) is 0 Å². The molecule has 1 heterocycles. The fourth-order valence-electron chi connectivity index (χ4n) is 3.58. The first-order valence-electron chi connectivity index (χ1n) is 9.70. The molecule has 1 aromatic rings. The number of amides is 1. The summed E-state index contributed by atoms with van der Waals surface area (Å²) in [7, 11) is 1.79. The summed E-state index contributed by atoms with van der Waals surface area (Å²) in [6.45, 7) is 2.02. The van der Waals surface area contributed by atoms with Crippen LogP contribution in [0, 0.1) is 0 Å². The van der Waals surface area contributed by atoms with E-state index in [0.717, 1.165) is 31.0 Å². The van der Waals surface area contributed by atoms with E-state index in [1.807, 2.05) is 24.3 Å². The molecule has 0 aromatic heterocycles. The molecule has 142 valence electrons. The number of guanidine groups is 1. The number of hydrogen-bond donors (Lipinski definition) is 3. The van der Waals surface area contributed by atoms with Gasteiger partial charge in [-0.15, -0.1) is 0 Å². The number of carbonyl (C=O) groups is 1. The molecule has 0 radical (unpaired) electrons. The van der Waals surface area contributed by atoms with E-state index >= 15 is 0 Å². The zero-order chi connectivity index (χ0) is 18.2. The van der Waals surface area contributed by atoms with E-state index in [0.29, 0.717) is 24.7 Å². The molecular weight excluding hydrogens is 328 g/mol. The van der Waals surface area contributed by atoms with Gasteiger partial charge in [-0.05, 0) is 43.4 Å². The van der Waals surface area contributed by atoms with Crippen LogP contribution < -0.4 is 16.0 Å². The maximum absolute atomic E-state index is 12.4. The molecule has 1 unspecified atom stereocenters. The maximum atomic E-state index is 12.4. The van der Waals surface area contributed by atoms with Crippen LogP contribution in [0.3, 0.4) is 0 Å². The van der Waals surface area contributed by atoms with E-state index in [1.54, 1.807) is 7.05 Å². The molecule has 1 saturated heterocycles. The highest BCUT2D eigenvalue weighted by Crippen LogP contribution is 2.17. The molecular formula is C20H30N4O2. The summed E-state index contributed by atoms with van der Waals surface area (Å²) < 4.78 is 5.55. The van der Waals surface area contributed by atoms with Gasteiger partial charge in [0.15, 0.2) is 5.96 Å². The van der Waals surface area contributed by atoms with Crippen molar-refractivity contribution in [2.75, 3.05) is 20.2 Å². The summed E-state index contributed by atoms with van der Waals surface area (Å²) in [5.74, 6) is 0.779. The third-order valence-electron chi connectivity index (χ3n) is 5.08. The second-order valence-corrected chi connectivity index (χ2v) is 7.10. The summed E-state index contributed by atoms with van der Waals surface area (Å²) >= 11 is 0. The van der Waals surface area contributed by atoms with Gasteiger partial charge in [-0.3, -0.25) is 9.79 Å². The van der Waals surface area contributed by atoms with Crippen LogP contribution in [0.15, 0.2) is 29.3 Å². The molecule has 1 aromatic carbocycles. The Balaban J connectivity index is 1.48. The Hall–Kier alpha value is -2.08. The third-order valence-corrected chi connectivity index (χ3v) is 5.08. The molecule has 3 rings (SSSR count). The van der Waals surface area contributed by atoms with E-state index in [-0.39, 0.29) is 12.0 Å². The van der Waals surface area contributed by atoms with Crippen molar-refractivity contribution in [3.8, 4) is 0 Å². The number of nitrogens with one attached hydrogen (secondary N) is 3. The monoisotopic (exact) mass is 358 g/mol. The molecule has 0 bridgehead atoms. The van der Waals surface area contributed by atoms with Gasteiger partial charge in [0.1, 0.15) is 0 Å². The van der Waals surface area contributed by atoms with Crippen molar-refractivity contribution in [3.63, 3.8) is 0 Å². The quantitative estimate of drug-likeness (QED) is 0.538. The molecule has 1 aliphatic carbocycles. The summed E-state index contributed by atoms with van der Waals surface area (Å²) in [5, 5.41) is 9.79. The maximum Gasteiger partial charge on any atom is 0.251 e. The second-order valence-electron chi connectivity index (χ2n) is 7.10. The Morgan fingerprint density at radius 1 is 1.19 bits per heavy atom. The van der Waals surface area contributed by atoms with E-state index in [4.69, 9.17) is 4.74 Å². The van der Waals surface area contributed by atoms with Gasteiger partial charge >= 0.3 is 0 Å². The van der Waals surface area contributed by atoms with Crippen LogP contribution >= 0.6 is 0 Å². The van der Waals surface area contributed by atoms with Crippen molar-refractivity contribution in [2.45, 2.75) is 57.2 Å². The number of aliphatic imine (C=N–C) groups is 1.